The van der Waals surface area contributed by atoms with Gasteiger partial charge in [-0.2, -0.15) is 0 Å². The molecule has 3 unspecified atom stereocenters. The van der Waals surface area contributed by atoms with Gasteiger partial charge in [0.05, 0.1) is 38.3 Å². The second-order valence-corrected chi connectivity index (χ2v) is 9.74. The smallest absolute Gasteiger partial charge is 0.329 e. The first-order valence-electron chi connectivity index (χ1n) is 12.9. The van der Waals surface area contributed by atoms with Crippen molar-refractivity contribution in [1.29, 1.82) is 0 Å². The zero-order valence-electron chi connectivity index (χ0n) is 21.8. The fourth-order valence-electron chi connectivity index (χ4n) is 6.49. The molecule has 1 amide bonds. The summed E-state index contributed by atoms with van der Waals surface area (Å²) in [5, 5.41) is 3.01. The van der Waals surface area contributed by atoms with Crippen molar-refractivity contribution in [2.24, 2.45) is 5.92 Å². The highest BCUT2D eigenvalue weighted by Crippen LogP contribution is 2.58. The van der Waals surface area contributed by atoms with Gasteiger partial charge in [0.15, 0.2) is 5.78 Å². The summed E-state index contributed by atoms with van der Waals surface area (Å²) >= 11 is 0. The van der Waals surface area contributed by atoms with Gasteiger partial charge >= 0.3 is 5.97 Å². The SMILES string of the molecule is CCOC(=O)C1C(C(=O)c2cc(OC)ccc2OC)[C@]2(C(=O)Nc3ccccc32)C2C=Cc3ccccc3N12. The molecule has 8 nitrogen and oxygen atoms in total. The van der Waals surface area contributed by atoms with Crippen molar-refractivity contribution in [2.75, 3.05) is 31.0 Å². The van der Waals surface area contributed by atoms with E-state index in [0.29, 0.717) is 22.7 Å². The molecule has 1 saturated heterocycles. The number of Topliss-reactive ketones (excluding diaryl/α,β-unsaturated/α-hetero) is 1. The first-order valence-corrected chi connectivity index (χ1v) is 12.9. The number of fused-ring (bicyclic) bond motifs is 6. The number of hydrogen-bond acceptors (Lipinski definition) is 7. The number of methoxy groups -OCH3 is 2. The minimum Gasteiger partial charge on any atom is -0.497 e. The molecule has 3 aromatic carbocycles. The lowest BCUT2D eigenvalue weighted by atomic mass is 9.64. The topological polar surface area (TPSA) is 94.2 Å². The van der Waals surface area contributed by atoms with E-state index in [1.807, 2.05) is 65.6 Å². The van der Waals surface area contributed by atoms with Crippen LogP contribution in [0.25, 0.3) is 6.08 Å². The van der Waals surface area contributed by atoms with Crippen LogP contribution in [0.2, 0.25) is 0 Å². The number of carbonyl (C=O) groups is 3. The molecule has 3 aromatic rings. The van der Waals surface area contributed by atoms with Crippen molar-refractivity contribution in [3.8, 4) is 11.5 Å². The van der Waals surface area contributed by atoms with Gasteiger partial charge in [0.1, 0.15) is 23.0 Å². The van der Waals surface area contributed by atoms with Crippen molar-refractivity contribution >= 4 is 35.1 Å². The molecule has 0 radical (unpaired) electrons. The number of ketones is 1. The maximum absolute atomic E-state index is 14.8. The monoisotopic (exact) mass is 524 g/mol. The molecular weight excluding hydrogens is 496 g/mol. The summed E-state index contributed by atoms with van der Waals surface area (Å²) in [6.45, 7) is 1.86. The molecule has 4 atom stereocenters. The van der Waals surface area contributed by atoms with Crippen LogP contribution in [0.15, 0.2) is 72.8 Å². The average Bonchev–Trinajstić information content (AvgIpc) is 3.45. The molecule has 3 aliphatic rings. The fraction of sp³-hybridized carbons (Fsp3) is 0.258. The summed E-state index contributed by atoms with van der Waals surface area (Å²) in [4.78, 5) is 44.8. The molecular formula is C31H28N2O6. The van der Waals surface area contributed by atoms with E-state index in [9.17, 15) is 14.4 Å². The van der Waals surface area contributed by atoms with E-state index >= 15 is 0 Å². The Morgan fingerprint density at radius 2 is 1.77 bits per heavy atom. The van der Waals surface area contributed by atoms with Crippen LogP contribution in [0.5, 0.6) is 11.5 Å². The van der Waals surface area contributed by atoms with Crippen LogP contribution in [-0.4, -0.2) is 50.6 Å². The van der Waals surface area contributed by atoms with Crippen LogP contribution in [0.4, 0.5) is 11.4 Å². The Labute approximate surface area is 226 Å². The van der Waals surface area contributed by atoms with Crippen molar-refractivity contribution in [2.45, 2.75) is 24.4 Å². The summed E-state index contributed by atoms with van der Waals surface area (Å²) in [5.41, 5.74) is 1.74. The molecule has 1 fully saturated rings. The first kappa shape index (κ1) is 24.7. The van der Waals surface area contributed by atoms with Crippen LogP contribution >= 0.6 is 0 Å². The predicted octanol–water partition coefficient (Wildman–Crippen LogP) is 4.24. The molecule has 198 valence electrons. The van der Waals surface area contributed by atoms with Gasteiger partial charge in [-0.05, 0) is 48.4 Å². The largest absolute Gasteiger partial charge is 0.497 e. The zero-order chi connectivity index (χ0) is 27.3. The molecule has 3 heterocycles. The van der Waals surface area contributed by atoms with Crippen molar-refractivity contribution in [3.05, 3.63) is 89.5 Å². The summed E-state index contributed by atoms with van der Waals surface area (Å²) in [6.07, 6.45) is 3.87. The van der Waals surface area contributed by atoms with Crippen LogP contribution in [0.1, 0.15) is 28.4 Å². The van der Waals surface area contributed by atoms with Crippen molar-refractivity contribution in [1.82, 2.24) is 0 Å². The van der Waals surface area contributed by atoms with Gasteiger partial charge in [0, 0.05) is 11.4 Å². The van der Waals surface area contributed by atoms with Gasteiger partial charge in [-0.1, -0.05) is 48.6 Å². The molecule has 0 bridgehead atoms. The van der Waals surface area contributed by atoms with Gasteiger partial charge in [0.2, 0.25) is 5.91 Å². The number of hydrogen-bond donors (Lipinski definition) is 1. The van der Waals surface area contributed by atoms with Gasteiger partial charge in [0.25, 0.3) is 0 Å². The Balaban J connectivity index is 1.67. The van der Waals surface area contributed by atoms with Crippen molar-refractivity contribution in [3.63, 3.8) is 0 Å². The summed E-state index contributed by atoms with van der Waals surface area (Å²) < 4.78 is 16.6. The average molecular weight is 525 g/mol. The molecule has 0 aromatic heterocycles. The number of amides is 1. The fourth-order valence-corrected chi connectivity index (χ4v) is 6.49. The Morgan fingerprint density at radius 1 is 1.00 bits per heavy atom. The van der Waals surface area contributed by atoms with Gasteiger partial charge in [-0.15, -0.1) is 0 Å². The van der Waals surface area contributed by atoms with E-state index in [0.717, 1.165) is 11.3 Å². The molecule has 3 aliphatic heterocycles. The highest BCUT2D eigenvalue weighted by molar-refractivity contribution is 6.17. The third-order valence-electron chi connectivity index (χ3n) is 8.02. The van der Waals surface area contributed by atoms with Crippen LogP contribution < -0.4 is 19.7 Å². The zero-order valence-corrected chi connectivity index (χ0v) is 21.8. The molecule has 0 saturated carbocycles. The summed E-state index contributed by atoms with van der Waals surface area (Å²) in [7, 11) is 2.99. The van der Waals surface area contributed by atoms with E-state index in [2.05, 4.69) is 5.32 Å². The Kier molecular flexibility index (Phi) is 5.90. The van der Waals surface area contributed by atoms with E-state index in [1.54, 1.807) is 25.1 Å². The first-order chi connectivity index (χ1) is 19.0. The summed E-state index contributed by atoms with van der Waals surface area (Å²) in [5.74, 6) is -1.67. The second kappa shape index (κ2) is 9.31. The van der Waals surface area contributed by atoms with Gasteiger partial charge in [-0.3, -0.25) is 9.59 Å². The number of anilines is 2. The third-order valence-corrected chi connectivity index (χ3v) is 8.02. The van der Waals surface area contributed by atoms with E-state index < -0.39 is 35.2 Å². The number of rotatable bonds is 6. The van der Waals surface area contributed by atoms with Crippen molar-refractivity contribution < 1.29 is 28.6 Å². The second-order valence-electron chi connectivity index (χ2n) is 9.74. The number of para-hydroxylation sites is 2. The lowest BCUT2D eigenvalue weighted by Gasteiger charge is -2.37. The molecule has 1 spiro atoms. The van der Waals surface area contributed by atoms with E-state index in [-0.39, 0.29) is 18.1 Å². The normalized spacial score (nSPS) is 24.0. The standard InChI is InChI=1S/C31H28N2O6/c1-4-39-29(35)27-26(28(34)20-17-19(37-2)14-15-24(20)38-3)31(21-10-6-7-11-22(21)32-30(31)36)25-16-13-18-9-5-8-12-23(18)33(25)27/h5-17,25-27H,4H2,1-3H3,(H,32,36)/t25?,26?,27?,31-/m1/s1. The molecule has 8 heteroatoms. The maximum atomic E-state index is 14.8. The Hall–Kier alpha value is -4.59. The molecule has 39 heavy (non-hydrogen) atoms. The number of esters is 1. The number of ether oxygens (including phenoxy) is 3. The molecule has 1 N–H and O–H groups in total. The number of nitrogens with zero attached hydrogens (tertiary/aromatic N) is 1. The predicted molar refractivity (Wildman–Crippen MR) is 146 cm³/mol. The van der Waals surface area contributed by atoms with Crippen LogP contribution in [0.3, 0.4) is 0 Å². The van der Waals surface area contributed by atoms with Crippen LogP contribution in [0, 0.1) is 5.92 Å². The summed E-state index contributed by atoms with van der Waals surface area (Å²) in [6, 6.07) is 18.2. The number of carbonyl (C=O) groups excluding carboxylic acids is 3. The lowest BCUT2D eigenvalue weighted by molar-refractivity contribution is -0.145. The minimum absolute atomic E-state index is 0.129. The maximum Gasteiger partial charge on any atom is 0.329 e. The molecule has 0 aliphatic carbocycles. The molecule has 6 rings (SSSR count). The number of nitrogens with one attached hydrogen (secondary N) is 1. The van der Waals surface area contributed by atoms with E-state index in [4.69, 9.17) is 14.2 Å². The highest BCUT2D eigenvalue weighted by Gasteiger charge is 2.71. The Bertz CT molecular complexity index is 1530. The van der Waals surface area contributed by atoms with Gasteiger partial charge in [-0.25, -0.2) is 4.79 Å². The van der Waals surface area contributed by atoms with Gasteiger partial charge < -0.3 is 24.4 Å². The Morgan fingerprint density at radius 3 is 2.54 bits per heavy atom. The lowest BCUT2D eigenvalue weighted by Crippen LogP contribution is -2.51. The minimum atomic E-state index is -1.41. The quantitative estimate of drug-likeness (QED) is 0.381. The number of benzene rings is 3. The van der Waals surface area contributed by atoms with Crippen LogP contribution in [-0.2, 0) is 19.7 Å². The highest BCUT2D eigenvalue weighted by atomic mass is 16.5. The van der Waals surface area contributed by atoms with E-state index in [1.165, 1.54) is 14.2 Å². The third kappa shape index (κ3) is 3.40.